The van der Waals surface area contributed by atoms with Gasteiger partial charge in [0.15, 0.2) is 4.77 Å². The van der Waals surface area contributed by atoms with Crippen LogP contribution in [0.25, 0.3) is 11.0 Å². The fraction of sp³-hybridized carbons (Fsp3) is 0.500. The lowest BCUT2D eigenvalue weighted by atomic mass is 9.87. The number of hydrogen-bond acceptors (Lipinski definition) is 1. The highest BCUT2D eigenvalue weighted by molar-refractivity contribution is 7.71. The molecule has 2 aromatic rings. The number of rotatable bonds is 1. The largest absolute Gasteiger partial charge is 0.331 e. The van der Waals surface area contributed by atoms with Crippen molar-refractivity contribution in [2.24, 2.45) is 5.92 Å². The summed E-state index contributed by atoms with van der Waals surface area (Å²) >= 11 is 5.39. The average molecular weight is 264 g/mol. The minimum absolute atomic E-state index is 0.200. The summed E-state index contributed by atoms with van der Waals surface area (Å²) in [6, 6.07) is 5.24. The van der Waals surface area contributed by atoms with Gasteiger partial charge in [0.05, 0.1) is 11.0 Å². The van der Waals surface area contributed by atoms with E-state index in [1.54, 1.807) is 12.1 Å². The first-order valence-corrected chi connectivity index (χ1v) is 6.96. The molecule has 1 aromatic heterocycles. The van der Waals surface area contributed by atoms with Crippen LogP contribution in [0.1, 0.15) is 38.6 Å². The van der Waals surface area contributed by atoms with Gasteiger partial charge in [-0.25, -0.2) is 4.39 Å². The molecule has 18 heavy (non-hydrogen) atoms. The van der Waals surface area contributed by atoms with E-state index in [0.29, 0.717) is 6.04 Å². The van der Waals surface area contributed by atoms with E-state index >= 15 is 0 Å². The molecule has 1 aliphatic carbocycles. The number of benzene rings is 1. The van der Waals surface area contributed by atoms with Crippen LogP contribution in [0.15, 0.2) is 18.2 Å². The molecule has 0 bridgehead atoms. The molecule has 1 fully saturated rings. The van der Waals surface area contributed by atoms with Crippen LogP contribution in [0.2, 0.25) is 0 Å². The predicted molar refractivity (Wildman–Crippen MR) is 73.7 cm³/mol. The van der Waals surface area contributed by atoms with Crippen LogP contribution in [0.4, 0.5) is 4.39 Å². The van der Waals surface area contributed by atoms with Crippen LogP contribution in [-0.4, -0.2) is 9.55 Å². The van der Waals surface area contributed by atoms with Crippen LogP contribution in [-0.2, 0) is 0 Å². The van der Waals surface area contributed by atoms with Crippen LogP contribution in [0.5, 0.6) is 0 Å². The first-order chi connectivity index (χ1) is 8.65. The molecule has 0 amide bonds. The summed E-state index contributed by atoms with van der Waals surface area (Å²) in [7, 11) is 0. The third kappa shape index (κ3) is 1.99. The molecule has 0 spiro atoms. The van der Waals surface area contributed by atoms with Crippen LogP contribution in [0.3, 0.4) is 0 Å². The lowest BCUT2D eigenvalue weighted by molar-refractivity contribution is 0.292. The molecule has 1 aromatic carbocycles. The second-order valence-electron chi connectivity index (χ2n) is 5.38. The second kappa shape index (κ2) is 4.50. The van der Waals surface area contributed by atoms with Gasteiger partial charge in [-0.2, -0.15) is 0 Å². The quantitative estimate of drug-likeness (QED) is 0.747. The Hall–Kier alpha value is -1.16. The number of imidazole rings is 1. The van der Waals surface area contributed by atoms with E-state index in [9.17, 15) is 4.39 Å². The fourth-order valence-electron chi connectivity index (χ4n) is 2.96. The van der Waals surface area contributed by atoms with E-state index in [-0.39, 0.29) is 5.82 Å². The van der Waals surface area contributed by atoms with Gasteiger partial charge in [0.25, 0.3) is 0 Å². The molecular formula is C14H17FN2S. The Morgan fingerprint density at radius 3 is 2.72 bits per heavy atom. The number of nitrogens with one attached hydrogen (secondary N) is 1. The number of fused-ring (bicyclic) bond motifs is 1. The summed E-state index contributed by atoms with van der Waals surface area (Å²) in [5.41, 5.74) is 1.83. The van der Waals surface area contributed by atoms with E-state index in [4.69, 9.17) is 12.2 Å². The van der Waals surface area contributed by atoms with Crippen molar-refractivity contribution in [1.82, 2.24) is 9.55 Å². The molecule has 0 unspecified atom stereocenters. The van der Waals surface area contributed by atoms with Gasteiger partial charge in [0.2, 0.25) is 0 Å². The Kier molecular flexibility index (Phi) is 2.98. The van der Waals surface area contributed by atoms with Crippen molar-refractivity contribution in [3.05, 3.63) is 28.8 Å². The maximum atomic E-state index is 13.4. The number of H-pyrrole nitrogens is 1. The first kappa shape index (κ1) is 11.9. The number of aromatic amines is 1. The van der Waals surface area contributed by atoms with E-state index in [0.717, 1.165) is 34.6 Å². The lowest BCUT2D eigenvalue weighted by Crippen LogP contribution is -2.16. The van der Waals surface area contributed by atoms with Crippen molar-refractivity contribution in [1.29, 1.82) is 0 Å². The van der Waals surface area contributed by atoms with Gasteiger partial charge in [-0.15, -0.1) is 0 Å². The third-order valence-corrected chi connectivity index (χ3v) is 4.33. The zero-order valence-electron chi connectivity index (χ0n) is 10.4. The standard InChI is InChI=1S/C14H17FN2S/c1-9-2-5-11(6-3-9)17-13-8-10(15)4-7-12(13)16-14(17)18/h4,7-9,11H,2-3,5-6H2,1H3,(H,16,18). The highest BCUT2D eigenvalue weighted by Gasteiger charge is 2.21. The molecule has 0 aliphatic heterocycles. The number of aromatic nitrogens is 2. The molecule has 3 rings (SSSR count). The minimum Gasteiger partial charge on any atom is -0.331 e. The van der Waals surface area contributed by atoms with Crippen molar-refractivity contribution >= 4 is 23.3 Å². The van der Waals surface area contributed by atoms with E-state index in [1.165, 1.54) is 18.9 Å². The van der Waals surface area contributed by atoms with Crippen molar-refractivity contribution < 1.29 is 4.39 Å². The Bertz CT molecular complexity index is 620. The minimum atomic E-state index is -0.200. The lowest BCUT2D eigenvalue weighted by Gasteiger charge is -2.27. The molecule has 1 saturated carbocycles. The second-order valence-corrected chi connectivity index (χ2v) is 5.76. The van der Waals surface area contributed by atoms with Gasteiger partial charge in [0.1, 0.15) is 5.82 Å². The molecular weight excluding hydrogens is 247 g/mol. The molecule has 1 N–H and O–H groups in total. The highest BCUT2D eigenvalue weighted by atomic mass is 32.1. The summed E-state index contributed by atoms with van der Waals surface area (Å²) in [6.07, 6.45) is 4.74. The van der Waals surface area contributed by atoms with E-state index < -0.39 is 0 Å². The van der Waals surface area contributed by atoms with Gasteiger partial charge < -0.3 is 9.55 Å². The predicted octanol–water partition coefficient (Wildman–Crippen LogP) is 4.59. The van der Waals surface area contributed by atoms with Crippen molar-refractivity contribution in [2.45, 2.75) is 38.6 Å². The highest BCUT2D eigenvalue weighted by Crippen LogP contribution is 2.34. The summed E-state index contributed by atoms with van der Waals surface area (Å²) in [5, 5.41) is 0. The Morgan fingerprint density at radius 2 is 2.00 bits per heavy atom. The number of nitrogens with zero attached hydrogens (tertiary/aromatic N) is 1. The van der Waals surface area contributed by atoms with Gasteiger partial charge in [-0.1, -0.05) is 6.92 Å². The maximum absolute atomic E-state index is 13.4. The van der Waals surface area contributed by atoms with Gasteiger partial charge >= 0.3 is 0 Å². The van der Waals surface area contributed by atoms with Crippen LogP contribution >= 0.6 is 12.2 Å². The van der Waals surface area contributed by atoms with Crippen molar-refractivity contribution in [3.8, 4) is 0 Å². The van der Waals surface area contributed by atoms with Gasteiger partial charge in [-0.3, -0.25) is 0 Å². The Morgan fingerprint density at radius 1 is 1.28 bits per heavy atom. The Labute approximate surface area is 111 Å². The normalized spacial score (nSPS) is 24.6. The van der Waals surface area contributed by atoms with Gasteiger partial charge in [0, 0.05) is 6.04 Å². The summed E-state index contributed by atoms with van der Waals surface area (Å²) in [6.45, 7) is 2.30. The molecule has 0 saturated heterocycles. The zero-order valence-corrected chi connectivity index (χ0v) is 11.3. The smallest absolute Gasteiger partial charge is 0.178 e. The SMILES string of the molecule is CC1CCC(n2c(=S)[nH]c3ccc(F)cc32)CC1. The van der Waals surface area contributed by atoms with Crippen LogP contribution in [0, 0.1) is 16.5 Å². The third-order valence-electron chi connectivity index (χ3n) is 4.03. The molecule has 1 heterocycles. The maximum Gasteiger partial charge on any atom is 0.178 e. The average Bonchev–Trinajstić information content (AvgIpc) is 2.66. The summed E-state index contributed by atoms with van der Waals surface area (Å²) < 4.78 is 16.2. The molecule has 0 atom stereocenters. The van der Waals surface area contributed by atoms with Crippen molar-refractivity contribution in [2.75, 3.05) is 0 Å². The fourth-order valence-corrected chi connectivity index (χ4v) is 3.32. The number of hydrogen-bond donors (Lipinski definition) is 1. The molecule has 0 radical (unpaired) electrons. The molecule has 96 valence electrons. The van der Waals surface area contributed by atoms with E-state index in [1.807, 2.05) is 0 Å². The topological polar surface area (TPSA) is 20.7 Å². The first-order valence-electron chi connectivity index (χ1n) is 6.55. The summed E-state index contributed by atoms with van der Waals surface area (Å²) in [4.78, 5) is 3.17. The molecule has 2 nitrogen and oxygen atoms in total. The Balaban J connectivity index is 2.08. The number of halogens is 1. The van der Waals surface area contributed by atoms with Crippen LogP contribution < -0.4 is 0 Å². The zero-order chi connectivity index (χ0) is 12.7. The van der Waals surface area contributed by atoms with E-state index in [2.05, 4.69) is 16.5 Å². The molecule has 1 aliphatic rings. The summed E-state index contributed by atoms with van der Waals surface area (Å²) in [5.74, 6) is 0.604. The monoisotopic (exact) mass is 264 g/mol. The molecule has 4 heteroatoms. The van der Waals surface area contributed by atoms with Gasteiger partial charge in [-0.05, 0) is 62.0 Å². The van der Waals surface area contributed by atoms with Crippen molar-refractivity contribution in [3.63, 3.8) is 0 Å².